The van der Waals surface area contributed by atoms with E-state index in [1.165, 1.54) is 12.1 Å². The summed E-state index contributed by atoms with van der Waals surface area (Å²) in [5, 5.41) is 8.58. The molecule has 0 amide bonds. The summed E-state index contributed by atoms with van der Waals surface area (Å²) >= 11 is 0. The van der Waals surface area contributed by atoms with Crippen LogP contribution >= 0.6 is 0 Å². The van der Waals surface area contributed by atoms with Gasteiger partial charge in [0.25, 0.3) is 0 Å². The maximum Gasteiger partial charge on any atom is 0.320 e. The lowest BCUT2D eigenvalue weighted by atomic mass is 10.2. The Balaban J connectivity index is 2.48. The molecule has 1 aromatic rings. The average Bonchev–Trinajstić information content (AvgIpc) is 2.34. The Bertz CT molecular complexity index is 525. The molecule has 7 heteroatoms. The first-order valence-electron chi connectivity index (χ1n) is 5.87. The van der Waals surface area contributed by atoms with E-state index < -0.39 is 22.0 Å². The largest absolute Gasteiger partial charge is 0.480 e. The molecule has 0 spiro atoms. The molecular weight excluding hydrogens is 268 g/mol. The third kappa shape index (κ3) is 4.98. The standard InChI is InChI=1S/C12H18N2O4S/c1-9-4-6-10(7-5-9)19(17,18)14-8-2-3-11(13)12(15)16/h4-7,11,14H,2-3,8,13H2,1H3,(H,15,16)/t11-/m0/s1. The Morgan fingerprint density at radius 2 is 1.95 bits per heavy atom. The highest BCUT2D eigenvalue weighted by Crippen LogP contribution is 2.09. The van der Waals surface area contributed by atoms with Gasteiger partial charge in [0.1, 0.15) is 6.04 Å². The van der Waals surface area contributed by atoms with Crippen LogP contribution in [0.3, 0.4) is 0 Å². The Kier molecular flexibility index (Phi) is 5.46. The predicted octanol–water partition coefficient (Wildman–Crippen LogP) is 0.465. The van der Waals surface area contributed by atoms with Gasteiger partial charge in [-0.2, -0.15) is 0 Å². The molecular formula is C12H18N2O4S. The number of aryl methyl sites for hydroxylation is 1. The topological polar surface area (TPSA) is 109 Å². The van der Waals surface area contributed by atoms with Crippen molar-refractivity contribution in [2.45, 2.75) is 30.7 Å². The van der Waals surface area contributed by atoms with E-state index >= 15 is 0 Å². The Morgan fingerprint density at radius 3 is 2.47 bits per heavy atom. The van der Waals surface area contributed by atoms with E-state index in [0.717, 1.165) is 5.56 Å². The zero-order valence-corrected chi connectivity index (χ0v) is 11.5. The zero-order chi connectivity index (χ0) is 14.5. The minimum absolute atomic E-state index is 0.164. The van der Waals surface area contributed by atoms with Gasteiger partial charge in [-0.05, 0) is 31.9 Å². The molecule has 19 heavy (non-hydrogen) atoms. The number of hydrogen-bond acceptors (Lipinski definition) is 4. The fourth-order valence-corrected chi connectivity index (χ4v) is 2.53. The lowest BCUT2D eigenvalue weighted by Crippen LogP contribution is -2.32. The molecule has 0 aliphatic carbocycles. The molecule has 1 atom stereocenters. The molecule has 1 rings (SSSR count). The van der Waals surface area contributed by atoms with E-state index in [-0.39, 0.29) is 17.9 Å². The number of carboxylic acid groups (broad SMARTS) is 1. The molecule has 0 bridgehead atoms. The van der Waals surface area contributed by atoms with E-state index in [0.29, 0.717) is 6.42 Å². The van der Waals surface area contributed by atoms with Gasteiger partial charge in [-0.1, -0.05) is 17.7 Å². The first kappa shape index (κ1) is 15.6. The molecule has 0 aliphatic rings. The summed E-state index contributed by atoms with van der Waals surface area (Å²) in [7, 11) is -3.53. The molecule has 0 fully saturated rings. The molecule has 106 valence electrons. The van der Waals surface area contributed by atoms with Crippen LogP contribution in [0.4, 0.5) is 0 Å². The molecule has 0 aliphatic heterocycles. The minimum Gasteiger partial charge on any atom is -0.480 e. The number of sulfonamides is 1. The SMILES string of the molecule is Cc1ccc(S(=O)(=O)NCCC[C@H](N)C(=O)O)cc1. The summed E-state index contributed by atoms with van der Waals surface area (Å²) < 4.78 is 26.1. The van der Waals surface area contributed by atoms with Crippen molar-refractivity contribution in [1.82, 2.24) is 4.72 Å². The van der Waals surface area contributed by atoms with Crippen molar-refractivity contribution >= 4 is 16.0 Å². The van der Waals surface area contributed by atoms with Crippen molar-refractivity contribution in [3.8, 4) is 0 Å². The Hall–Kier alpha value is -1.44. The third-order valence-corrected chi connectivity index (χ3v) is 4.11. The molecule has 0 aromatic heterocycles. The molecule has 0 saturated carbocycles. The number of rotatable bonds is 7. The van der Waals surface area contributed by atoms with E-state index in [4.69, 9.17) is 10.8 Å². The molecule has 6 nitrogen and oxygen atoms in total. The van der Waals surface area contributed by atoms with Gasteiger partial charge in [0.2, 0.25) is 10.0 Å². The summed E-state index contributed by atoms with van der Waals surface area (Å²) in [5.41, 5.74) is 6.30. The summed E-state index contributed by atoms with van der Waals surface area (Å²) in [5.74, 6) is -1.08. The molecule has 0 heterocycles. The van der Waals surface area contributed by atoms with Crippen LogP contribution in [-0.4, -0.2) is 32.1 Å². The number of aliphatic carboxylic acids is 1. The predicted molar refractivity (Wildman–Crippen MR) is 71.2 cm³/mol. The Labute approximate surface area is 112 Å². The summed E-state index contributed by atoms with van der Waals surface area (Å²) in [6.07, 6.45) is 0.601. The zero-order valence-electron chi connectivity index (χ0n) is 10.7. The maximum absolute atomic E-state index is 11.9. The van der Waals surface area contributed by atoms with Crippen LogP contribution in [-0.2, 0) is 14.8 Å². The van der Waals surface area contributed by atoms with Crippen molar-refractivity contribution < 1.29 is 18.3 Å². The van der Waals surface area contributed by atoms with Gasteiger partial charge in [-0.25, -0.2) is 13.1 Å². The first-order chi connectivity index (χ1) is 8.83. The highest BCUT2D eigenvalue weighted by atomic mass is 32.2. The second kappa shape index (κ2) is 6.65. The van der Waals surface area contributed by atoms with Crippen molar-refractivity contribution in [3.05, 3.63) is 29.8 Å². The molecule has 1 aromatic carbocycles. The highest BCUT2D eigenvalue weighted by molar-refractivity contribution is 7.89. The first-order valence-corrected chi connectivity index (χ1v) is 7.36. The Morgan fingerprint density at radius 1 is 1.37 bits per heavy atom. The third-order valence-electron chi connectivity index (χ3n) is 2.63. The van der Waals surface area contributed by atoms with Crippen LogP contribution in [0.1, 0.15) is 18.4 Å². The molecule has 0 unspecified atom stereocenters. The number of nitrogens with two attached hydrogens (primary N) is 1. The normalized spacial score (nSPS) is 13.2. The fourth-order valence-electron chi connectivity index (χ4n) is 1.45. The van der Waals surface area contributed by atoms with Crippen molar-refractivity contribution in [1.29, 1.82) is 0 Å². The van der Waals surface area contributed by atoms with E-state index in [9.17, 15) is 13.2 Å². The summed E-state index contributed by atoms with van der Waals surface area (Å²) in [6, 6.07) is 5.54. The van der Waals surface area contributed by atoms with Crippen LogP contribution in [0.2, 0.25) is 0 Å². The smallest absolute Gasteiger partial charge is 0.320 e. The molecule has 0 radical (unpaired) electrons. The van der Waals surface area contributed by atoms with Crippen molar-refractivity contribution in [2.24, 2.45) is 5.73 Å². The highest BCUT2D eigenvalue weighted by Gasteiger charge is 2.14. The van der Waals surface area contributed by atoms with Gasteiger partial charge in [-0.15, -0.1) is 0 Å². The molecule has 0 saturated heterocycles. The van der Waals surface area contributed by atoms with Gasteiger partial charge in [-0.3, -0.25) is 4.79 Å². The lowest BCUT2D eigenvalue weighted by molar-refractivity contribution is -0.138. The van der Waals surface area contributed by atoms with Gasteiger partial charge in [0.15, 0.2) is 0 Å². The quantitative estimate of drug-likeness (QED) is 0.631. The van der Waals surface area contributed by atoms with Crippen LogP contribution < -0.4 is 10.5 Å². The van der Waals surface area contributed by atoms with Crippen molar-refractivity contribution in [3.63, 3.8) is 0 Å². The van der Waals surface area contributed by atoms with Crippen molar-refractivity contribution in [2.75, 3.05) is 6.54 Å². The van der Waals surface area contributed by atoms with Gasteiger partial charge < -0.3 is 10.8 Å². The second-order valence-electron chi connectivity index (χ2n) is 4.30. The lowest BCUT2D eigenvalue weighted by Gasteiger charge is -2.08. The second-order valence-corrected chi connectivity index (χ2v) is 6.06. The number of benzene rings is 1. The van der Waals surface area contributed by atoms with Gasteiger partial charge in [0, 0.05) is 6.54 Å². The number of hydrogen-bond donors (Lipinski definition) is 3. The number of carbonyl (C=O) groups is 1. The summed E-state index contributed by atoms with van der Waals surface area (Å²) in [6.45, 7) is 2.04. The number of nitrogens with one attached hydrogen (secondary N) is 1. The minimum atomic E-state index is -3.53. The maximum atomic E-state index is 11.9. The van der Waals surface area contributed by atoms with E-state index in [1.807, 2.05) is 6.92 Å². The van der Waals surface area contributed by atoms with E-state index in [1.54, 1.807) is 12.1 Å². The fraction of sp³-hybridized carbons (Fsp3) is 0.417. The monoisotopic (exact) mass is 286 g/mol. The van der Waals surface area contributed by atoms with Gasteiger partial charge >= 0.3 is 5.97 Å². The van der Waals surface area contributed by atoms with Crippen LogP contribution in [0.5, 0.6) is 0 Å². The van der Waals surface area contributed by atoms with Crippen LogP contribution in [0.15, 0.2) is 29.2 Å². The number of carboxylic acids is 1. The molecule has 4 N–H and O–H groups in total. The van der Waals surface area contributed by atoms with Crippen LogP contribution in [0.25, 0.3) is 0 Å². The van der Waals surface area contributed by atoms with E-state index in [2.05, 4.69) is 4.72 Å². The average molecular weight is 286 g/mol. The van der Waals surface area contributed by atoms with Crippen LogP contribution in [0, 0.1) is 6.92 Å². The van der Waals surface area contributed by atoms with Gasteiger partial charge in [0.05, 0.1) is 4.90 Å². The summed E-state index contributed by atoms with van der Waals surface area (Å²) in [4.78, 5) is 10.7.